The molecule has 120 valence electrons. The van der Waals surface area contributed by atoms with E-state index in [-0.39, 0.29) is 11.8 Å². The number of nitrogens with one attached hydrogen (secondary N) is 2. The zero-order valence-electron chi connectivity index (χ0n) is 12.4. The Bertz CT molecular complexity index is 440. The number of alkyl halides is 3. The van der Waals surface area contributed by atoms with Crippen molar-refractivity contribution in [1.82, 2.24) is 9.97 Å². The van der Waals surface area contributed by atoms with E-state index in [0.717, 1.165) is 18.9 Å². The lowest BCUT2D eigenvalue weighted by atomic mass is 10.3. The van der Waals surface area contributed by atoms with E-state index in [1.807, 2.05) is 13.2 Å². The monoisotopic (exact) mass is 322 g/mol. The largest absolute Gasteiger partial charge is 0.433 e. The minimum atomic E-state index is -4.48. The number of thioether (sulfide) groups is 1. The molecule has 0 fully saturated rings. The molecule has 1 aromatic heterocycles. The van der Waals surface area contributed by atoms with Gasteiger partial charge in [0.25, 0.3) is 0 Å². The van der Waals surface area contributed by atoms with E-state index in [2.05, 4.69) is 27.5 Å². The Kier molecular flexibility index (Phi) is 7.07. The van der Waals surface area contributed by atoms with Crippen molar-refractivity contribution in [2.45, 2.75) is 38.1 Å². The van der Waals surface area contributed by atoms with Crippen LogP contribution in [0.4, 0.5) is 24.9 Å². The van der Waals surface area contributed by atoms with Crippen molar-refractivity contribution in [3.8, 4) is 0 Å². The smallest absolute Gasteiger partial charge is 0.370 e. The molecule has 21 heavy (non-hydrogen) atoms. The number of hydrogen-bond acceptors (Lipinski definition) is 5. The van der Waals surface area contributed by atoms with Gasteiger partial charge in [-0.3, -0.25) is 0 Å². The number of nitrogens with zero attached hydrogens (tertiary/aromatic N) is 2. The molecule has 0 saturated carbocycles. The van der Waals surface area contributed by atoms with Gasteiger partial charge in [0.15, 0.2) is 5.69 Å². The second-order valence-corrected chi connectivity index (χ2v) is 5.92. The molecule has 1 aromatic rings. The molecule has 2 N–H and O–H groups in total. The molecule has 1 unspecified atom stereocenters. The van der Waals surface area contributed by atoms with E-state index in [0.29, 0.717) is 18.3 Å². The Morgan fingerprint density at radius 1 is 1.24 bits per heavy atom. The van der Waals surface area contributed by atoms with E-state index < -0.39 is 11.9 Å². The van der Waals surface area contributed by atoms with Crippen LogP contribution < -0.4 is 10.6 Å². The average Bonchev–Trinajstić information content (AvgIpc) is 2.43. The van der Waals surface area contributed by atoms with Gasteiger partial charge in [-0.1, -0.05) is 13.8 Å². The topological polar surface area (TPSA) is 49.8 Å². The van der Waals surface area contributed by atoms with Crippen LogP contribution >= 0.6 is 11.8 Å². The molecule has 4 nitrogen and oxygen atoms in total. The maximum atomic E-state index is 12.8. The van der Waals surface area contributed by atoms with Crippen LogP contribution in [0.3, 0.4) is 0 Å². The summed E-state index contributed by atoms with van der Waals surface area (Å²) in [5, 5.41) is 6.17. The lowest BCUT2D eigenvalue weighted by molar-refractivity contribution is -0.141. The molecule has 8 heteroatoms. The van der Waals surface area contributed by atoms with Gasteiger partial charge in [-0.2, -0.15) is 29.9 Å². The van der Waals surface area contributed by atoms with Crippen LogP contribution in [0, 0.1) is 0 Å². The molecule has 1 rings (SSSR count). The summed E-state index contributed by atoms with van der Waals surface area (Å²) >= 11 is 1.72. The molecule has 0 aliphatic rings. The normalized spacial score (nSPS) is 13.0. The van der Waals surface area contributed by atoms with Gasteiger partial charge in [0.05, 0.1) is 0 Å². The highest BCUT2D eigenvalue weighted by Gasteiger charge is 2.33. The molecule has 0 aromatic carbocycles. The summed E-state index contributed by atoms with van der Waals surface area (Å²) in [6.45, 7) is 5.10. The molecule has 0 bridgehead atoms. The van der Waals surface area contributed by atoms with Gasteiger partial charge in [0.1, 0.15) is 5.82 Å². The Hall–Kier alpha value is -1.18. The number of halogens is 3. The maximum Gasteiger partial charge on any atom is 0.433 e. The number of aromatic nitrogens is 2. The number of anilines is 2. The van der Waals surface area contributed by atoms with Crippen LogP contribution in [0.25, 0.3) is 0 Å². The third-order valence-electron chi connectivity index (χ3n) is 2.81. The van der Waals surface area contributed by atoms with Crippen molar-refractivity contribution in [2.24, 2.45) is 0 Å². The average molecular weight is 322 g/mol. The Labute approximate surface area is 127 Å². The zero-order valence-corrected chi connectivity index (χ0v) is 13.2. The van der Waals surface area contributed by atoms with Crippen LogP contribution in [0.2, 0.25) is 0 Å². The van der Waals surface area contributed by atoms with Crippen LogP contribution in [0.1, 0.15) is 32.4 Å². The number of hydrogen-bond donors (Lipinski definition) is 2. The molecule has 0 aliphatic carbocycles. The Balaban J connectivity index is 2.81. The first-order valence-electron chi connectivity index (χ1n) is 6.83. The highest BCUT2D eigenvalue weighted by Crippen LogP contribution is 2.29. The van der Waals surface area contributed by atoms with E-state index in [9.17, 15) is 13.2 Å². The van der Waals surface area contributed by atoms with Gasteiger partial charge in [0, 0.05) is 24.4 Å². The summed E-state index contributed by atoms with van der Waals surface area (Å²) in [5.74, 6) is 0.205. The lowest BCUT2D eigenvalue weighted by Gasteiger charge is -2.13. The van der Waals surface area contributed by atoms with Crippen molar-refractivity contribution >= 4 is 23.5 Å². The Morgan fingerprint density at radius 3 is 2.52 bits per heavy atom. The highest BCUT2D eigenvalue weighted by atomic mass is 32.2. The fraction of sp³-hybridized carbons (Fsp3) is 0.692. The van der Waals surface area contributed by atoms with E-state index in [1.54, 1.807) is 11.8 Å². The van der Waals surface area contributed by atoms with Crippen molar-refractivity contribution in [2.75, 3.05) is 30.0 Å². The SMILES string of the molecule is CCCNc1nc(NCCC(C)SC)cc(C(F)(F)F)n1. The van der Waals surface area contributed by atoms with Crippen molar-refractivity contribution in [3.05, 3.63) is 11.8 Å². The first-order valence-corrected chi connectivity index (χ1v) is 8.12. The second-order valence-electron chi connectivity index (χ2n) is 4.65. The fourth-order valence-corrected chi connectivity index (χ4v) is 1.87. The van der Waals surface area contributed by atoms with Gasteiger partial charge in [0.2, 0.25) is 5.95 Å². The first kappa shape index (κ1) is 17.9. The van der Waals surface area contributed by atoms with Gasteiger partial charge in [-0.05, 0) is 19.1 Å². The lowest BCUT2D eigenvalue weighted by Crippen LogP contribution is -2.15. The van der Waals surface area contributed by atoms with E-state index >= 15 is 0 Å². The third kappa shape index (κ3) is 6.41. The van der Waals surface area contributed by atoms with Crippen LogP contribution in [-0.2, 0) is 6.18 Å². The molecule has 0 amide bonds. The van der Waals surface area contributed by atoms with Crippen molar-refractivity contribution < 1.29 is 13.2 Å². The molecule has 0 spiro atoms. The summed E-state index contributed by atoms with van der Waals surface area (Å²) in [6.07, 6.45) is -0.837. The quantitative estimate of drug-likeness (QED) is 0.761. The van der Waals surface area contributed by atoms with Crippen LogP contribution in [-0.4, -0.2) is 34.6 Å². The van der Waals surface area contributed by atoms with E-state index in [4.69, 9.17) is 0 Å². The molecule has 1 heterocycles. The molecular weight excluding hydrogens is 301 g/mol. The highest BCUT2D eigenvalue weighted by molar-refractivity contribution is 7.99. The van der Waals surface area contributed by atoms with E-state index in [1.165, 1.54) is 0 Å². The molecular formula is C13H21F3N4S. The molecule has 1 atom stereocenters. The molecule has 0 saturated heterocycles. The van der Waals surface area contributed by atoms with Gasteiger partial charge in [-0.15, -0.1) is 0 Å². The summed E-state index contributed by atoms with van der Waals surface area (Å²) < 4.78 is 38.5. The van der Waals surface area contributed by atoms with Crippen LogP contribution in [0.15, 0.2) is 6.07 Å². The summed E-state index contributed by atoms with van der Waals surface area (Å²) in [5.41, 5.74) is -0.934. The summed E-state index contributed by atoms with van der Waals surface area (Å²) in [6, 6.07) is 0.945. The Morgan fingerprint density at radius 2 is 1.95 bits per heavy atom. The minimum Gasteiger partial charge on any atom is -0.370 e. The molecule has 0 radical (unpaired) electrons. The predicted molar refractivity (Wildman–Crippen MR) is 81.9 cm³/mol. The van der Waals surface area contributed by atoms with Gasteiger partial charge < -0.3 is 10.6 Å². The van der Waals surface area contributed by atoms with Gasteiger partial charge in [-0.25, -0.2) is 4.98 Å². The van der Waals surface area contributed by atoms with Crippen molar-refractivity contribution in [3.63, 3.8) is 0 Å². The standard InChI is InChI=1S/C13H21F3N4S/c1-4-6-18-12-19-10(13(14,15)16)8-11(20-12)17-7-5-9(2)21-3/h8-9H,4-7H2,1-3H3,(H2,17,18,19,20). The second kappa shape index (κ2) is 8.31. The van der Waals surface area contributed by atoms with Crippen LogP contribution in [0.5, 0.6) is 0 Å². The maximum absolute atomic E-state index is 12.8. The fourth-order valence-electron chi connectivity index (χ4n) is 1.52. The third-order valence-corrected chi connectivity index (χ3v) is 3.85. The number of rotatable bonds is 8. The van der Waals surface area contributed by atoms with Gasteiger partial charge >= 0.3 is 6.18 Å². The predicted octanol–water partition coefficient (Wildman–Crippen LogP) is 3.87. The molecule has 0 aliphatic heterocycles. The summed E-state index contributed by atoms with van der Waals surface area (Å²) in [7, 11) is 0. The zero-order chi connectivity index (χ0) is 15.9. The minimum absolute atomic E-state index is 0.00656. The van der Waals surface area contributed by atoms with Crippen molar-refractivity contribution in [1.29, 1.82) is 0 Å². The first-order chi connectivity index (χ1) is 9.86. The summed E-state index contributed by atoms with van der Waals surface area (Å²) in [4.78, 5) is 7.58.